The number of para-hydroxylation sites is 1. The Morgan fingerprint density at radius 3 is 2.67 bits per heavy atom. The Morgan fingerprint density at radius 1 is 1.08 bits per heavy atom. The molecule has 0 aliphatic carbocycles. The normalized spacial score (nSPS) is 13.4. The minimum atomic E-state index is -2.99. The summed E-state index contributed by atoms with van der Waals surface area (Å²) < 4.78 is 45.4. The Hall–Kier alpha value is -4.28. The van der Waals surface area contributed by atoms with Crippen LogP contribution in [0.5, 0.6) is 11.5 Å². The van der Waals surface area contributed by atoms with Crippen LogP contribution in [0, 0.1) is 0 Å². The second-order valence-corrected chi connectivity index (χ2v) is 8.08. The molecule has 1 aliphatic heterocycles. The third-order valence-corrected chi connectivity index (χ3v) is 5.76. The first-order chi connectivity index (χ1) is 17.5. The van der Waals surface area contributed by atoms with E-state index < -0.39 is 12.6 Å². The van der Waals surface area contributed by atoms with Gasteiger partial charge in [-0.15, -0.1) is 0 Å². The van der Waals surface area contributed by atoms with Crippen molar-refractivity contribution in [3.63, 3.8) is 0 Å². The van der Waals surface area contributed by atoms with Crippen molar-refractivity contribution in [2.24, 2.45) is 0 Å². The van der Waals surface area contributed by atoms with Gasteiger partial charge in [0.1, 0.15) is 11.4 Å². The SMILES string of the molecule is COc1cc(-c2noc(COC(=O)c3cc4ccccc4nc3N3CCCC3)n2)ccc1OC(F)F. The molecule has 0 atom stereocenters. The predicted molar refractivity (Wildman–Crippen MR) is 125 cm³/mol. The van der Waals surface area contributed by atoms with E-state index in [1.54, 1.807) is 6.07 Å². The van der Waals surface area contributed by atoms with Gasteiger partial charge in [-0.25, -0.2) is 9.78 Å². The fourth-order valence-corrected chi connectivity index (χ4v) is 4.06. The molecule has 36 heavy (non-hydrogen) atoms. The largest absolute Gasteiger partial charge is 0.493 e. The minimum Gasteiger partial charge on any atom is -0.493 e. The van der Waals surface area contributed by atoms with Crippen LogP contribution in [0.15, 0.2) is 53.1 Å². The topological polar surface area (TPSA) is 99.8 Å². The number of fused-ring (bicyclic) bond motifs is 1. The number of halogens is 2. The monoisotopic (exact) mass is 496 g/mol. The fraction of sp³-hybridized carbons (Fsp3) is 0.280. The molecule has 1 fully saturated rings. The lowest BCUT2D eigenvalue weighted by Crippen LogP contribution is -2.23. The minimum absolute atomic E-state index is 0.0710. The quantitative estimate of drug-likeness (QED) is 0.317. The van der Waals surface area contributed by atoms with E-state index in [9.17, 15) is 13.6 Å². The van der Waals surface area contributed by atoms with Gasteiger partial charge < -0.3 is 23.6 Å². The van der Waals surface area contributed by atoms with Crippen molar-refractivity contribution in [1.29, 1.82) is 0 Å². The molecular weight excluding hydrogens is 474 g/mol. The van der Waals surface area contributed by atoms with Crippen LogP contribution in [-0.2, 0) is 11.3 Å². The van der Waals surface area contributed by atoms with Crippen molar-refractivity contribution in [3.8, 4) is 22.9 Å². The lowest BCUT2D eigenvalue weighted by molar-refractivity contribution is -0.0512. The number of esters is 1. The summed E-state index contributed by atoms with van der Waals surface area (Å²) in [6.45, 7) is -1.59. The molecule has 2 aromatic heterocycles. The highest BCUT2D eigenvalue weighted by Gasteiger charge is 2.24. The maximum atomic E-state index is 13.1. The van der Waals surface area contributed by atoms with E-state index in [2.05, 4.69) is 19.8 Å². The van der Waals surface area contributed by atoms with E-state index in [4.69, 9.17) is 19.0 Å². The van der Waals surface area contributed by atoms with Crippen LogP contribution < -0.4 is 14.4 Å². The molecule has 9 nitrogen and oxygen atoms in total. The summed E-state index contributed by atoms with van der Waals surface area (Å²) >= 11 is 0. The average molecular weight is 496 g/mol. The molecule has 0 radical (unpaired) electrons. The second kappa shape index (κ2) is 10.1. The van der Waals surface area contributed by atoms with Gasteiger partial charge in [-0.05, 0) is 43.2 Å². The summed E-state index contributed by atoms with van der Waals surface area (Å²) in [4.78, 5) is 24.1. The molecule has 186 valence electrons. The van der Waals surface area contributed by atoms with Crippen LogP contribution >= 0.6 is 0 Å². The van der Waals surface area contributed by atoms with Crippen molar-refractivity contribution in [1.82, 2.24) is 15.1 Å². The molecule has 1 aliphatic rings. The summed E-state index contributed by atoms with van der Waals surface area (Å²) in [7, 11) is 1.33. The van der Waals surface area contributed by atoms with Crippen LogP contribution in [0.2, 0.25) is 0 Å². The van der Waals surface area contributed by atoms with Gasteiger partial charge in [0, 0.05) is 24.0 Å². The number of benzene rings is 2. The number of alkyl halides is 2. The molecule has 3 heterocycles. The van der Waals surface area contributed by atoms with Crippen molar-refractivity contribution >= 4 is 22.7 Å². The number of aromatic nitrogens is 3. The third-order valence-electron chi connectivity index (χ3n) is 5.76. The number of pyridine rings is 1. The lowest BCUT2D eigenvalue weighted by Gasteiger charge is -2.20. The molecule has 0 amide bonds. The molecule has 0 unspecified atom stereocenters. The van der Waals surface area contributed by atoms with Gasteiger partial charge in [0.15, 0.2) is 18.1 Å². The van der Waals surface area contributed by atoms with Gasteiger partial charge in [-0.1, -0.05) is 23.4 Å². The average Bonchev–Trinajstić information content (AvgIpc) is 3.59. The number of carbonyl (C=O) groups excluding carboxylic acids is 1. The van der Waals surface area contributed by atoms with Crippen molar-refractivity contribution in [2.75, 3.05) is 25.1 Å². The van der Waals surface area contributed by atoms with E-state index in [1.165, 1.54) is 25.3 Å². The zero-order valence-corrected chi connectivity index (χ0v) is 19.3. The van der Waals surface area contributed by atoms with E-state index in [0.717, 1.165) is 36.8 Å². The molecule has 0 N–H and O–H groups in total. The number of methoxy groups -OCH3 is 1. The summed E-state index contributed by atoms with van der Waals surface area (Å²) in [6, 6.07) is 13.6. The van der Waals surface area contributed by atoms with Crippen LogP contribution in [0.25, 0.3) is 22.3 Å². The van der Waals surface area contributed by atoms with E-state index in [-0.39, 0.29) is 29.8 Å². The van der Waals surface area contributed by atoms with Crippen molar-refractivity contribution in [3.05, 3.63) is 60.0 Å². The second-order valence-electron chi connectivity index (χ2n) is 8.08. The van der Waals surface area contributed by atoms with Gasteiger partial charge in [0.2, 0.25) is 5.82 Å². The Kier molecular flexibility index (Phi) is 6.61. The van der Waals surface area contributed by atoms with E-state index in [0.29, 0.717) is 16.9 Å². The Bertz CT molecular complexity index is 1390. The summed E-state index contributed by atoms with van der Waals surface area (Å²) in [6.07, 6.45) is 2.07. The lowest BCUT2D eigenvalue weighted by atomic mass is 10.1. The molecule has 0 spiro atoms. The van der Waals surface area contributed by atoms with Gasteiger partial charge >= 0.3 is 12.6 Å². The molecule has 0 saturated carbocycles. The number of hydrogen-bond donors (Lipinski definition) is 0. The number of hydrogen-bond acceptors (Lipinski definition) is 9. The molecule has 11 heteroatoms. The van der Waals surface area contributed by atoms with E-state index >= 15 is 0 Å². The molecule has 4 aromatic rings. The first kappa shape index (κ1) is 23.5. The maximum Gasteiger partial charge on any atom is 0.387 e. The zero-order valence-electron chi connectivity index (χ0n) is 19.3. The number of ether oxygens (including phenoxy) is 3. The molecule has 2 aromatic carbocycles. The number of anilines is 1. The van der Waals surface area contributed by atoms with Crippen LogP contribution in [0.1, 0.15) is 29.1 Å². The summed E-state index contributed by atoms with van der Waals surface area (Å²) in [5.41, 5.74) is 1.62. The molecule has 0 bridgehead atoms. The van der Waals surface area contributed by atoms with Gasteiger partial charge in [-0.2, -0.15) is 13.8 Å². The smallest absolute Gasteiger partial charge is 0.387 e. The highest BCUT2D eigenvalue weighted by molar-refractivity contribution is 5.99. The highest BCUT2D eigenvalue weighted by Crippen LogP contribution is 2.33. The van der Waals surface area contributed by atoms with Gasteiger partial charge in [0.05, 0.1) is 12.6 Å². The van der Waals surface area contributed by atoms with Crippen LogP contribution in [0.4, 0.5) is 14.6 Å². The summed E-state index contributed by atoms with van der Waals surface area (Å²) in [5.74, 6) is 0.260. The fourth-order valence-electron chi connectivity index (χ4n) is 4.06. The molecular formula is C25H22F2N4O5. The van der Waals surface area contributed by atoms with E-state index in [1.807, 2.05) is 24.3 Å². The Morgan fingerprint density at radius 2 is 1.89 bits per heavy atom. The predicted octanol–water partition coefficient (Wildman–Crippen LogP) is 4.85. The molecule has 5 rings (SSSR count). The molecule has 1 saturated heterocycles. The number of rotatable bonds is 8. The van der Waals surface area contributed by atoms with Crippen molar-refractivity contribution in [2.45, 2.75) is 26.1 Å². The third kappa shape index (κ3) is 4.90. The summed E-state index contributed by atoms with van der Waals surface area (Å²) in [5, 5.41) is 4.72. The van der Waals surface area contributed by atoms with Gasteiger partial charge in [0.25, 0.3) is 5.89 Å². The van der Waals surface area contributed by atoms with Crippen LogP contribution in [-0.4, -0.2) is 47.9 Å². The number of nitrogens with zero attached hydrogens (tertiary/aromatic N) is 4. The maximum absolute atomic E-state index is 13.1. The van der Waals surface area contributed by atoms with Gasteiger partial charge in [-0.3, -0.25) is 0 Å². The van der Waals surface area contributed by atoms with Crippen LogP contribution in [0.3, 0.4) is 0 Å². The number of carbonyl (C=O) groups is 1. The first-order valence-corrected chi connectivity index (χ1v) is 11.3. The first-order valence-electron chi connectivity index (χ1n) is 11.3. The zero-order chi connectivity index (χ0) is 25.1. The Labute approximate surface area is 204 Å². The van der Waals surface area contributed by atoms with Crippen molar-refractivity contribution < 1.29 is 32.3 Å². The standard InChI is InChI=1S/C25H22F2N4O5/c1-33-20-13-16(8-9-19(20)35-25(26)27)22-29-21(36-30-22)14-34-24(32)17-12-15-6-2-3-7-18(15)28-23(17)31-10-4-5-11-31/h2-3,6-9,12-13,25H,4-5,10-11,14H2,1H3. The Balaban J connectivity index is 1.33. The highest BCUT2D eigenvalue weighted by atomic mass is 19.3.